The van der Waals surface area contributed by atoms with Crippen molar-refractivity contribution in [2.75, 3.05) is 6.54 Å². The van der Waals surface area contributed by atoms with Gasteiger partial charge in [0.15, 0.2) is 0 Å². The Kier molecular flexibility index (Phi) is 2.35. The normalized spacial score (nSPS) is 28.9. The van der Waals surface area contributed by atoms with E-state index < -0.39 is 11.6 Å². The summed E-state index contributed by atoms with van der Waals surface area (Å²) in [5, 5.41) is 8.78. The number of carbonyl (C=O) groups is 2. The third-order valence-electron chi connectivity index (χ3n) is 2.59. The first-order chi connectivity index (χ1) is 5.66. The van der Waals surface area contributed by atoms with E-state index in [1.807, 2.05) is 6.92 Å². The van der Waals surface area contributed by atoms with E-state index in [0.29, 0.717) is 19.4 Å². The largest absolute Gasteiger partial charge is 0.465 e. The molecule has 0 aromatic rings. The van der Waals surface area contributed by atoms with Gasteiger partial charge in [0, 0.05) is 6.54 Å². The Balaban J connectivity index is 2.86. The third-order valence-corrected chi connectivity index (χ3v) is 2.59. The fourth-order valence-electron chi connectivity index (χ4n) is 1.76. The molecular formula is C8H13NO3. The fourth-order valence-corrected chi connectivity index (χ4v) is 1.76. The van der Waals surface area contributed by atoms with Crippen LogP contribution in [0, 0.1) is 0 Å². The van der Waals surface area contributed by atoms with Crippen LogP contribution in [0.1, 0.15) is 26.2 Å². The predicted octanol–water partition coefficient (Wildman–Crippen LogP) is 1.11. The van der Waals surface area contributed by atoms with Crippen molar-refractivity contribution in [3.8, 4) is 0 Å². The Morgan fingerprint density at radius 1 is 1.75 bits per heavy atom. The molecule has 1 heterocycles. The molecule has 0 aromatic carbocycles. The van der Waals surface area contributed by atoms with Crippen LogP contribution >= 0.6 is 0 Å². The number of hydrogen-bond donors (Lipinski definition) is 1. The molecule has 1 aliphatic rings. The highest BCUT2D eigenvalue weighted by Crippen LogP contribution is 2.30. The summed E-state index contributed by atoms with van der Waals surface area (Å²) in [6.07, 6.45) is 1.82. The summed E-state index contributed by atoms with van der Waals surface area (Å²) in [5.74, 6) is 0. The van der Waals surface area contributed by atoms with Crippen LogP contribution in [0.2, 0.25) is 0 Å². The highest BCUT2D eigenvalue weighted by Gasteiger charge is 2.42. The smallest absolute Gasteiger partial charge is 0.408 e. The van der Waals surface area contributed by atoms with Gasteiger partial charge in [-0.2, -0.15) is 0 Å². The SMILES string of the molecule is CCC1(C=O)CCCN1C(=O)O. The van der Waals surface area contributed by atoms with E-state index in [1.54, 1.807) is 0 Å². The topological polar surface area (TPSA) is 57.6 Å². The number of carbonyl (C=O) groups excluding carboxylic acids is 1. The van der Waals surface area contributed by atoms with Gasteiger partial charge >= 0.3 is 6.09 Å². The molecule has 0 aromatic heterocycles. The first-order valence-electron chi connectivity index (χ1n) is 4.13. The second-order valence-electron chi connectivity index (χ2n) is 3.11. The maximum atomic E-state index is 10.8. The van der Waals surface area contributed by atoms with Crippen molar-refractivity contribution >= 4 is 12.4 Å². The average Bonchev–Trinajstić information content (AvgIpc) is 2.48. The monoisotopic (exact) mass is 171 g/mol. The molecule has 1 atom stereocenters. The van der Waals surface area contributed by atoms with Crippen LogP contribution in [0.25, 0.3) is 0 Å². The Hall–Kier alpha value is -1.06. The average molecular weight is 171 g/mol. The zero-order valence-corrected chi connectivity index (χ0v) is 7.12. The minimum absolute atomic E-state index is 0.488. The minimum atomic E-state index is -0.985. The minimum Gasteiger partial charge on any atom is -0.465 e. The molecule has 4 nitrogen and oxygen atoms in total. The van der Waals surface area contributed by atoms with E-state index in [2.05, 4.69) is 0 Å². The molecule has 1 unspecified atom stereocenters. The van der Waals surface area contributed by atoms with Crippen LogP contribution in [-0.2, 0) is 4.79 Å². The number of rotatable bonds is 2. The molecule has 1 saturated heterocycles. The van der Waals surface area contributed by atoms with Crippen LogP contribution in [0.15, 0.2) is 0 Å². The zero-order chi connectivity index (χ0) is 9.19. The lowest BCUT2D eigenvalue weighted by Crippen LogP contribution is -2.47. The molecule has 12 heavy (non-hydrogen) atoms. The quantitative estimate of drug-likeness (QED) is 0.633. The van der Waals surface area contributed by atoms with Gasteiger partial charge in [-0.15, -0.1) is 0 Å². The van der Waals surface area contributed by atoms with Crippen LogP contribution in [0.3, 0.4) is 0 Å². The van der Waals surface area contributed by atoms with Crippen molar-refractivity contribution in [3.63, 3.8) is 0 Å². The first-order valence-corrected chi connectivity index (χ1v) is 4.13. The molecule has 1 rings (SSSR count). The first kappa shape index (κ1) is 9.03. The lowest BCUT2D eigenvalue weighted by Gasteiger charge is -2.30. The van der Waals surface area contributed by atoms with Crippen LogP contribution in [-0.4, -0.2) is 34.5 Å². The molecule has 1 amide bonds. The number of likely N-dealkylation sites (tertiary alicyclic amines) is 1. The van der Waals surface area contributed by atoms with Crippen molar-refractivity contribution in [2.45, 2.75) is 31.7 Å². The Morgan fingerprint density at radius 3 is 2.75 bits per heavy atom. The summed E-state index contributed by atoms with van der Waals surface area (Å²) in [6.45, 7) is 2.33. The molecule has 1 aliphatic heterocycles. The van der Waals surface area contributed by atoms with Gasteiger partial charge in [-0.05, 0) is 19.3 Å². The van der Waals surface area contributed by atoms with Gasteiger partial charge in [0.2, 0.25) is 0 Å². The van der Waals surface area contributed by atoms with E-state index in [-0.39, 0.29) is 0 Å². The van der Waals surface area contributed by atoms with E-state index in [0.717, 1.165) is 12.7 Å². The maximum Gasteiger partial charge on any atom is 0.408 e. The van der Waals surface area contributed by atoms with E-state index in [9.17, 15) is 9.59 Å². The van der Waals surface area contributed by atoms with E-state index in [1.165, 1.54) is 4.90 Å². The summed E-state index contributed by atoms with van der Waals surface area (Å²) in [7, 11) is 0. The predicted molar refractivity (Wildman–Crippen MR) is 43.1 cm³/mol. The van der Waals surface area contributed by atoms with E-state index in [4.69, 9.17) is 5.11 Å². The number of amides is 1. The summed E-state index contributed by atoms with van der Waals surface area (Å²) in [6, 6.07) is 0. The summed E-state index contributed by atoms with van der Waals surface area (Å²) in [5.41, 5.74) is -0.730. The fraction of sp³-hybridized carbons (Fsp3) is 0.750. The van der Waals surface area contributed by atoms with Gasteiger partial charge in [0.25, 0.3) is 0 Å². The van der Waals surface area contributed by atoms with Crippen molar-refractivity contribution in [1.82, 2.24) is 4.90 Å². The van der Waals surface area contributed by atoms with Gasteiger partial charge in [-0.25, -0.2) is 4.79 Å². The highest BCUT2D eigenvalue weighted by molar-refractivity contribution is 5.76. The lowest BCUT2D eigenvalue weighted by molar-refractivity contribution is -0.116. The molecule has 0 aliphatic carbocycles. The van der Waals surface area contributed by atoms with Gasteiger partial charge < -0.3 is 9.90 Å². The van der Waals surface area contributed by atoms with Crippen LogP contribution in [0.4, 0.5) is 4.79 Å². The Bertz CT molecular complexity index is 204. The summed E-state index contributed by atoms with van der Waals surface area (Å²) < 4.78 is 0. The highest BCUT2D eigenvalue weighted by atomic mass is 16.4. The van der Waals surface area contributed by atoms with Crippen LogP contribution < -0.4 is 0 Å². The van der Waals surface area contributed by atoms with Crippen LogP contribution in [0.5, 0.6) is 0 Å². The Labute approximate surface area is 71.2 Å². The number of nitrogens with zero attached hydrogens (tertiary/aromatic N) is 1. The van der Waals surface area contributed by atoms with Crippen molar-refractivity contribution in [2.24, 2.45) is 0 Å². The second-order valence-corrected chi connectivity index (χ2v) is 3.11. The summed E-state index contributed by atoms with van der Waals surface area (Å²) in [4.78, 5) is 22.7. The van der Waals surface area contributed by atoms with Gasteiger partial charge in [0.05, 0.1) is 0 Å². The number of carboxylic acid groups (broad SMARTS) is 1. The van der Waals surface area contributed by atoms with Crippen molar-refractivity contribution in [3.05, 3.63) is 0 Å². The van der Waals surface area contributed by atoms with Gasteiger partial charge in [-0.1, -0.05) is 6.92 Å². The molecule has 0 spiro atoms. The molecule has 1 fully saturated rings. The Morgan fingerprint density at radius 2 is 2.42 bits per heavy atom. The van der Waals surface area contributed by atoms with Gasteiger partial charge in [0.1, 0.15) is 11.8 Å². The molecule has 0 radical (unpaired) electrons. The molecule has 4 heteroatoms. The van der Waals surface area contributed by atoms with Gasteiger partial charge in [-0.3, -0.25) is 4.90 Å². The summed E-state index contributed by atoms with van der Waals surface area (Å²) >= 11 is 0. The molecule has 1 N–H and O–H groups in total. The van der Waals surface area contributed by atoms with E-state index >= 15 is 0 Å². The second kappa shape index (κ2) is 3.13. The molecule has 0 bridgehead atoms. The number of hydrogen-bond acceptors (Lipinski definition) is 2. The third kappa shape index (κ3) is 1.17. The zero-order valence-electron chi connectivity index (χ0n) is 7.12. The standard InChI is InChI=1S/C8H13NO3/c1-2-8(6-10)4-3-5-9(8)7(11)12/h6H,2-5H2,1H3,(H,11,12). The number of aldehydes is 1. The molecule has 0 saturated carbocycles. The van der Waals surface area contributed by atoms with Crippen molar-refractivity contribution in [1.29, 1.82) is 0 Å². The molecule has 68 valence electrons. The lowest BCUT2D eigenvalue weighted by atomic mass is 9.95. The maximum absolute atomic E-state index is 10.8. The van der Waals surface area contributed by atoms with Crippen molar-refractivity contribution < 1.29 is 14.7 Å². The molecular weight excluding hydrogens is 158 g/mol.